The van der Waals surface area contributed by atoms with Crippen molar-refractivity contribution >= 4 is 18.2 Å². The Kier molecular flexibility index (Phi) is 3.59. The summed E-state index contributed by atoms with van der Waals surface area (Å²) in [5, 5.41) is 42.2. The van der Waals surface area contributed by atoms with Crippen molar-refractivity contribution in [3.8, 4) is 0 Å². The Morgan fingerprint density at radius 1 is 1.22 bits per heavy atom. The van der Waals surface area contributed by atoms with E-state index in [4.69, 9.17) is 0 Å². The predicted molar refractivity (Wildman–Crippen MR) is 92.6 cm³/mol. The number of aldehydes is 1. The molecular formula is C20H26O7. The van der Waals surface area contributed by atoms with E-state index < -0.39 is 57.6 Å². The normalized spacial score (nSPS) is 53.5. The Bertz CT molecular complexity index is 761. The summed E-state index contributed by atoms with van der Waals surface area (Å²) < 4.78 is 0. The fourth-order valence-electron chi connectivity index (χ4n) is 7.65. The smallest absolute Gasteiger partial charge is 0.309 e. The molecule has 4 fully saturated rings. The van der Waals surface area contributed by atoms with Crippen LogP contribution in [0.2, 0.25) is 0 Å². The van der Waals surface area contributed by atoms with E-state index in [2.05, 4.69) is 6.58 Å². The van der Waals surface area contributed by atoms with Gasteiger partial charge in [0.05, 0.1) is 23.0 Å². The lowest BCUT2D eigenvalue weighted by atomic mass is 9.53. The number of carboxylic acid groups (broad SMARTS) is 2. The molecule has 4 aliphatic carbocycles. The Labute approximate surface area is 157 Å². The SMILES string of the molecule is C=C1[C@@H](O)[C@]23C[C@@]1(O)CC[C@H]2[C@]1(C=O)CCC[C@](C)(C(=O)O)[C@H]1[C@@H]3C(=O)O. The van der Waals surface area contributed by atoms with Crippen LogP contribution in [-0.4, -0.2) is 50.4 Å². The molecule has 0 aromatic heterocycles. The second-order valence-electron chi connectivity index (χ2n) is 9.44. The monoisotopic (exact) mass is 378 g/mol. The molecule has 148 valence electrons. The topological polar surface area (TPSA) is 132 Å². The van der Waals surface area contributed by atoms with E-state index in [0.717, 1.165) is 6.29 Å². The molecule has 4 N–H and O–H groups in total. The molecule has 8 atom stereocenters. The minimum Gasteiger partial charge on any atom is -0.481 e. The molecule has 0 amide bonds. The fourth-order valence-corrected chi connectivity index (χ4v) is 7.65. The molecule has 7 nitrogen and oxygen atoms in total. The lowest BCUT2D eigenvalue weighted by Gasteiger charge is -2.49. The molecule has 4 saturated carbocycles. The highest BCUT2D eigenvalue weighted by Gasteiger charge is 2.81. The van der Waals surface area contributed by atoms with Crippen LogP contribution in [0.25, 0.3) is 0 Å². The van der Waals surface area contributed by atoms with Gasteiger partial charge in [0.25, 0.3) is 0 Å². The molecule has 27 heavy (non-hydrogen) atoms. The lowest BCUT2D eigenvalue weighted by molar-refractivity contribution is -0.168. The fraction of sp³-hybridized carbons (Fsp3) is 0.750. The maximum atomic E-state index is 12.5. The molecule has 4 aliphatic rings. The Morgan fingerprint density at radius 2 is 1.89 bits per heavy atom. The second-order valence-corrected chi connectivity index (χ2v) is 9.44. The second kappa shape index (κ2) is 5.20. The summed E-state index contributed by atoms with van der Waals surface area (Å²) in [6.45, 7) is 5.37. The standard InChI is InChI=1S/C20H26O7/c1-10-14(22)20-8-19(10,27)7-4-11(20)18(9-21)6-3-5-17(2,16(25)26)13(18)12(20)15(23)24/h9,11-14,22,27H,1,3-8H2,2H3,(H,23,24)(H,25,26)/t11-,12+,13+,14+,17-,18+,19-,20+/m0/s1. The number of carbonyl (C=O) groups excluding carboxylic acids is 1. The van der Waals surface area contributed by atoms with Gasteiger partial charge in [-0.05, 0) is 50.5 Å². The highest BCUT2D eigenvalue weighted by Crippen LogP contribution is 2.77. The Balaban J connectivity index is 2.02. The van der Waals surface area contributed by atoms with Crippen molar-refractivity contribution in [1.82, 2.24) is 0 Å². The third kappa shape index (κ3) is 1.82. The van der Waals surface area contributed by atoms with Crippen molar-refractivity contribution in [2.75, 3.05) is 0 Å². The van der Waals surface area contributed by atoms with Gasteiger partial charge in [-0.25, -0.2) is 0 Å². The molecule has 1 spiro atoms. The van der Waals surface area contributed by atoms with Crippen molar-refractivity contribution in [2.24, 2.45) is 34.0 Å². The van der Waals surface area contributed by atoms with Crippen LogP contribution in [0.5, 0.6) is 0 Å². The first-order chi connectivity index (χ1) is 12.5. The van der Waals surface area contributed by atoms with E-state index in [-0.39, 0.29) is 18.4 Å². The quantitative estimate of drug-likeness (QED) is 0.429. The van der Waals surface area contributed by atoms with Gasteiger partial charge >= 0.3 is 11.9 Å². The van der Waals surface area contributed by atoms with E-state index in [1.54, 1.807) is 0 Å². The van der Waals surface area contributed by atoms with Crippen molar-refractivity contribution in [2.45, 2.75) is 57.2 Å². The molecule has 7 heteroatoms. The number of hydrogen-bond donors (Lipinski definition) is 4. The number of hydrogen-bond acceptors (Lipinski definition) is 5. The van der Waals surface area contributed by atoms with Crippen LogP contribution < -0.4 is 0 Å². The summed E-state index contributed by atoms with van der Waals surface area (Å²) in [5.41, 5.74) is -4.92. The first kappa shape index (κ1) is 18.6. The van der Waals surface area contributed by atoms with Crippen molar-refractivity contribution in [1.29, 1.82) is 0 Å². The first-order valence-electron chi connectivity index (χ1n) is 9.53. The lowest BCUT2D eigenvalue weighted by Crippen LogP contribution is -2.52. The highest BCUT2D eigenvalue weighted by molar-refractivity contribution is 5.82. The van der Waals surface area contributed by atoms with E-state index >= 15 is 0 Å². The zero-order valence-corrected chi connectivity index (χ0v) is 15.4. The van der Waals surface area contributed by atoms with Gasteiger partial charge < -0.3 is 25.2 Å². The summed E-state index contributed by atoms with van der Waals surface area (Å²) >= 11 is 0. The van der Waals surface area contributed by atoms with Gasteiger partial charge in [0.1, 0.15) is 6.29 Å². The first-order valence-corrected chi connectivity index (χ1v) is 9.53. The van der Waals surface area contributed by atoms with Crippen LogP contribution >= 0.6 is 0 Å². The molecule has 0 aliphatic heterocycles. The molecular weight excluding hydrogens is 352 g/mol. The molecule has 0 aromatic carbocycles. The number of aliphatic hydroxyl groups is 2. The van der Waals surface area contributed by atoms with Crippen molar-refractivity contribution in [3.05, 3.63) is 12.2 Å². The number of carbonyl (C=O) groups is 3. The third-order valence-corrected chi connectivity index (χ3v) is 8.64. The van der Waals surface area contributed by atoms with Crippen LogP contribution in [0.4, 0.5) is 0 Å². The van der Waals surface area contributed by atoms with Gasteiger partial charge in [-0.3, -0.25) is 9.59 Å². The van der Waals surface area contributed by atoms with E-state index in [1.165, 1.54) is 6.92 Å². The van der Waals surface area contributed by atoms with Crippen LogP contribution in [-0.2, 0) is 14.4 Å². The summed E-state index contributed by atoms with van der Waals surface area (Å²) in [5.74, 6) is -4.96. The Hall–Kier alpha value is -1.73. The zero-order chi connectivity index (χ0) is 20.0. The van der Waals surface area contributed by atoms with Gasteiger partial charge in [0, 0.05) is 16.7 Å². The third-order valence-electron chi connectivity index (χ3n) is 8.64. The van der Waals surface area contributed by atoms with Crippen LogP contribution in [0, 0.1) is 34.0 Å². The molecule has 0 heterocycles. The zero-order valence-electron chi connectivity index (χ0n) is 15.4. The van der Waals surface area contributed by atoms with Crippen LogP contribution in [0.15, 0.2) is 12.2 Å². The summed E-state index contributed by atoms with van der Waals surface area (Å²) in [6.07, 6.45) is 1.41. The molecule has 0 radical (unpaired) electrons. The summed E-state index contributed by atoms with van der Waals surface area (Å²) in [6, 6.07) is 0. The molecule has 0 aromatic rings. The predicted octanol–water partition coefficient (Wildman–Crippen LogP) is 1.23. The average Bonchev–Trinajstić information content (AvgIpc) is 2.95. The molecule has 4 rings (SSSR count). The molecule has 0 saturated heterocycles. The van der Waals surface area contributed by atoms with Crippen molar-refractivity contribution < 1.29 is 34.8 Å². The maximum absolute atomic E-state index is 12.5. The highest BCUT2D eigenvalue weighted by atomic mass is 16.4. The average molecular weight is 378 g/mol. The van der Waals surface area contributed by atoms with Gasteiger partial charge in [0.2, 0.25) is 0 Å². The van der Waals surface area contributed by atoms with Crippen LogP contribution in [0.1, 0.15) is 45.4 Å². The van der Waals surface area contributed by atoms with E-state index in [0.29, 0.717) is 25.7 Å². The van der Waals surface area contributed by atoms with Gasteiger partial charge in [-0.2, -0.15) is 0 Å². The minimum absolute atomic E-state index is 0.0173. The number of rotatable bonds is 3. The molecule has 0 unspecified atom stereocenters. The van der Waals surface area contributed by atoms with E-state index in [1.807, 2.05) is 0 Å². The minimum atomic E-state index is -1.38. The van der Waals surface area contributed by atoms with E-state index in [9.17, 15) is 34.8 Å². The number of aliphatic hydroxyl groups excluding tert-OH is 1. The largest absolute Gasteiger partial charge is 0.481 e. The van der Waals surface area contributed by atoms with Gasteiger partial charge in [-0.15, -0.1) is 0 Å². The Morgan fingerprint density at radius 3 is 2.44 bits per heavy atom. The molecule has 2 bridgehead atoms. The summed E-state index contributed by atoms with van der Waals surface area (Å²) in [7, 11) is 0. The van der Waals surface area contributed by atoms with Gasteiger partial charge in [-0.1, -0.05) is 13.0 Å². The number of fused-ring (bicyclic) bond motifs is 3. The maximum Gasteiger partial charge on any atom is 0.309 e. The van der Waals surface area contributed by atoms with Crippen molar-refractivity contribution in [3.63, 3.8) is 0 Å². The van der Waals surface area contributed by atoms with Crippen LogP contribution in [0.3, 0.4) is 0 Å². The summed E-state index contributed by atoms with van der Waals surface area (Å²) in [4.78, 5) is 37.2. The number of carboxylic acids is 2. The van der Waals surface area contributed by atoms with Gasteiger partial charge in [0.15, 0.2) is 0 Å². The number of aliphatic carboxylic acids is 2.